The number of esters is 1. The lowest BCUT2D eigenvalue weighted by Crippen LogP contribution is -2.15. The molecule has 1 heterocycles. The summed E-state index contributed by atoms with van der Waals surface area (Å²) in [4.78, 5) is 32.6. The number of aromatic nitrogens is 2. The molecule has 0 unspecified atom stereocenters. The van der Waals surface area contributed by atoms with Crippen molar-refractivity contribution in [2.45, 2.75) is 25.1 Å². The third-order valence-corrected chi connectivity index (χ3v) is 5.75. The Kier molecular flexibility index (Phi) is 7.44. The van der Waals surface area contributed by atoms with Crippen LogP contribution in [0.4, 0.5) is 5.69 Å². The first-order valence-corrected chi connectivity index (χ1v) is 11.9. The van der Waals surface area contributed by atoms with Crippen LogP contribution in [0.15, 0.2) is 90.1 Å². The van der Waals surface area contributed by atoms with Crippen molar-refractivity contribution in [1.29, 1.82) is 0 Å². The fourth-order valence-electron chi connectivity index (χ4n) is 3.34. The molecule has 4 aromatic rings. The van der Waals surface area contributed by atoms with Crippen molar-refractivity contribution in [3.63, 3.8) is 0 Å². The lowest BCUT2D eigenvalue weighted by molar-refractivity contribution is -0.113. The first kappa shape index (κ1) is 23.3. The highest BCUT2D eigenvalue weighted by atomic mass is 32.2. The lowest BCUT2D eigenvalue weighted by atomic mass is 10.1. The van der Waals surface area contributed by atoms with Gasteiger partial charge in [0, 0.05) is 16.8 Å². The maximum Gasteiger partial charge on any atom is 0.338 e. The van der Waals surface area contributed by atoms with Gasteiger partial charge in [-0.2, -0.15) is 0 Å². The minimum Gasteiger partial charge on any atom is -0.459 e. The predicted octanol–water partition coefficient (Wildman–Crippen LogP) is 6.04. The number of ether oxygens (including phenoxy) is 1. The molecule has 34 heavy (non-hydrogen) atoms. The maximum atomic E-state index is 12.5. The van der Waals surface area contributed by atoms with Gasteiger partial charge >= 0.3 is 5.97 Å². The van der Waals surface area contributed by atoms with Crippen LogP contribution in [-0.2, 0) is 9.53 Å². The van der Waals surface area contributed by atoms with Crippen LogP contribution in [0, 0.1) is 0 Å². The molecule has 172 valence electrons. The first-order valence-electron chi connectivity index (χ1n) is 10.9. The minimum absolute atomic E-state index is 0.165. The number of imidazole rings is 1. The number of rotatable bonds is 8. The Morgan fingerprint density at radius 1 is 0.912 bits per heavy atom. The van der Waals surface area contributed by atoms with Gasteiger partial charge in [-0.05, 0) is 38.1 Å². The molecule has 1 amide bonds. The topological polar surface area (TPSA) is 84.1 Å². The van der Waals surface area contributed by atoms with Crippen LogP contribution in [0.2, 0.25) is 0 Å². The van der Waals surface area contributed by atoms with Gasteiger partial charge in [0.15, 0.2) is 5.16 Å². The van der Waals surface area contributed by atoms with E-state index in [4.69, 9.17) is 9.72 Å². The van der Waals surface area contributed by atoms with E-state index < -0.39 is 0 Å². The smallest absolute Gasteiger partial charge is 0.338 e. The van der Waals surface area contributed by atoms with E-state index in [9.17, 15) is 9.59 Å². The molecule has 0 bridgehead atoms. The van der Waals surface area contributed by atoms with Crippen molar-refractivity contribution in [2.75, 3.05) is 11.1 Å². The molecule has 4 rings (SSSR count). The summed E-state index contributed by atoms with van der Waals surface area (Å²) in [6, 6.07) is 26.6. The maximum absolute atomic E-state index is 12.5. The molecule has 7 heteroatoms. The number of amides is 1. The number of hydrogen-bond acceptors (Lipinski definition) is 5. The van der Waals surface area contributed by atoms with Gasteiger partial charge in [-0.3, -0.25) is 4.79 Å². The fraction of sp³-hybridized carbons (Fsp3) is 0.148. The average Bonchev–Trinajstić information content (AvgIpc) is 3.28. The number of anilines is 1. The summed E-state index contributed by atoms with van der Waals surface area (Å²) < 4.78 is 5.18. The third-order valence-electron chi connectivity index (χ3n) is 4.88. The number of carbonyl (C=O) groups is 2. The number of nitrogens with one attached hydrogen (secondary N) is 2. The Morgan fingerprint density at radius 3 is 2.15 bits per heavy atom. The van der Waals surface area contributed by atoms with Gasteiger partial charge in [-0.15, -0.1) is 0 Å². The highest BCUT2D eigenvalue weighted by molar-refractivity contribution is 7.99. The van der Waals surface area contributed by atoms with E-state index in [-0.39, 0.29) is 23.7 Å². The van der Waals surface area contributed by atoms with Crippen molar-refractivity contribution < 1.29 is 14.3 Å². The standard InChI is InChI=1S/C27H25N3O3S/c1-18(2)33-26(32)21-13-15-22(16-14-21)28-23(31)17-34-27-29-24(19-9-5-3-6-10-19)25(30-27)20-11-7-4-8-12-20/h3-16,18H,17H2,1-2H3,(H,28,31)(H,29,30). The van der Waals surface area contributed by atoms with Gasteiger partial charge in [0.1, 0.15) is 0 Å². The van der Waals surface area contributed by atoms with Crippen LogP contribution in [0.3, 0.4) is 0 Å². The molecule has 0 fully saturated rings. The van der Waals surface area contributed by atoms with Gasteiger partial charge in [0.2, 0.25) is 5.91 Å². The van der Waals surface area contributed by atoms with E-state index >= 15 is 0 Å². The Hall–Kier alpha value is -3.84. The molecule has 1 aromatic heterocycles. The number of thioether (sulfide) groups is 1. The summed E-state index contributed by atoms with van der Waals surface area (Å²) in [6.07, 6.45) is -0.185. The van der Waals surface area contributed by atoms with Crippen LogP contribution < -0.4 is 5.32 Å². The van der Waals surface area contributed by atoms with Crippen LogP contribution in [0.1, 0.15) is 24.2 Å². The molecule has 0 radical (unpaired) electrons. The van der Waals surface area contributed by atoms with Gasteiger partial charge in [-0.1, -0.05) is 72.4 Å². The summed E-state index contributed by atoms with van der Waals surface area (Å²) in [5, 5.41) is 3.52. The van der Waals surface area contributed by atoms with E-state index in [1.807, 2.05) is 60.7 Å². The van der Waals surface area contributed by atoms with E-state index in [1.54, 1.807) is 38.1 Å². The van der Waals surface area contributed by atoms with Gasteiger partial charge in [0.05, 0.1) is 28.8 Å². The molecule has 6 nitrogen and oxygen atoms in total. The highest BCUT2D eigenvalue weighted by Gasteiger charge is 2.15. The minimum atomic E-state index is -0.385. The quantitative estimate of drug-likeness (QED) is 0.242. The van der Waals surface area contributed by atoms with E-state index in [1.165, 1.54) is 11.8 Å². The molecule has 2 N–H and O–H groups in total. The van der Waals surface area contributed by atoms with Crippen molar-refractivity contribution in [3.05, 3.63) is 90.5 Å². The zero-order chi connectivity index (χ0) is 23.9. The SMILES string of the molecule is CC(C)OC(=O)c1ccc(NC(=O)CSc2nc(-c3ccccc3)c(-c3ccccc3)[nH]2)cc1. The Morgan fingerprint density at radius 2 is 1.53 bits per heavy atom. The van der Waals surface area contributed by atoms with Crippen molar-refractivity contribution in [3.8, 4) is 22.5 Å². The highest BCUT2D eigenvalue weighted by Crippen LogP contribution is 2.32. The van der Waals surface area contributed by atoms with Gasteiger partial charge in [-0.25, -0.2) is 9.78 Å². The molecule has 0 atom stereocenters. The van der Waals surface area contributed by atoms with Crippen molar-refractivity contribution >= 4 is 29.3 Å². The Bertz CT molecular complexity index is 1200. The molecule has 0 aliphatic rings. The van der Waals surface area contributed by atoms with Crippen molar-refractivity contribution in [2.24, 2.45) is 0 Å². The Labute approximate surface area is 202 Å². The number of hydrogen-bond donors (Lipinski definition) is 2. The summed E-state index contributed by atoms with van der Waals surface area (Å²) in [5.74, 6) is -0.362. The number of carbonyl (C=O) groups excluding carboxylic acids is 2. The molecule has 0 aliphatic heterocycles. The normalized spacial score (nSPS) is 10.8. The fourth-order valence-corrected chi connectivity index (χ4v) is 4.01. The third kappa shape index (κ3) is 5.94. The lowest BCUT2D eigenvalue weighted by Gasteiger charge is -2.09. The van der Waals surface area contributed by atoms with Gasteiger partial charge in [0.25, 0.3) is 0 Å². The second kappa shape index (κ2) is 10.9. The van der Waals surface area contributed by atoms with E-state index in [2.05, 4.69) is 10.3 Å². The van der Waals surface area contributed by atoms with Gasteiger partial charge < -0.3 is 15.0 Å². The molecule has 3 aromatic carbocycles. The molecule has 0 saturated carbocycles. The summed E-state index contributed by atoms with van der Waals surface area (Å²) in [5.41, 5.74) is 4.85. The summed E-state index contributed by atoms with van der Waals surface area (Å²) >= 11 is 1.33. The monoisotopic (exact) mass is 471 g/mol. The molecular weight excluding hydrogens is 446 g/mol. The second-order valence-electron chi connectivity index (χ2n) is 7.87. The van der Waals surface area contributed by atoms with Crippen LogP contribution in [-0.4, -0.2) is 33.7 Å². The van der Waals surface area contributed by atoms with E-state index in [0.717, 1.165) is 22.5 Å². The van der Waals surface area contributed by atoms with Crippen molar-refractivity contribution in [1.82, 2.24) is 9.97 Å². The van der Waals surface area contributed by atoms with Crippen LogP contribution in [0.25, 0.3) is 22.5 Å². The Balaban J connectivity index is 1.43. The molecule has 0 aliphatic carbocycles. The average molecular weight is 472 g/mol. The molecule has 0 saturated heterocycles. The second-order valence-corrected chi connectivity index (χ2v) is 8.83. The summed E-state index contributed by atoms with van der Waals surface area (Å²) in [7, 11) is 0. The number of H-pyrrole nitrogens is 1. The number of nitrogens with zero attached hydrogens (tertiary/aromatic N) is 1. The first-order chi connectivity index (χ1) is 16.5. The largest absolute Gasteiger partial charge is 0.459 e. The van der Waals surface area contributed by atoms with Crippen LogP contribution >= 0.6 is 11.8 Å². The zero-order valence-corrected chi connectivity index (χ0v) is 19.8. The predicted molar refractivity (Wildman–Crippen MR) is 136 cm³/mol. The zero-order valence-electron chi connectivity index (χ0n) is 18.9. The summed E-state index contributed by atoms with van der Waals surface area (Å²) in [6.45, 7) is 3.60. The van der Waals surface area contributed by atoms with Crippen LogP contribution in [0.5, 0.6) is 0 Å². The molecule has 0 spiro atoms. The van der Waals surface area contributed by atoms with E-state index in [0.29, 0.717) is 16.4 Å². The number of aromatic amines is 1. The number of benzene rings is 3. The molecular formula is C27H25N3O3S.